The number of ether oxygens (including phenoxy) is 1. The molecule has 3 rings (SSSR count). The van der Waals surface area contributed by atoms with Crippen LogP contribution < -0.4 is 16.2 Å². The van der Waals surface area contributed by atoms with E-state index < -0.39 is 41.1 Å². The van der Waals surface area contributed by atoms with Crippen molar-refractivity contribution in [2.24, 2.45) is 5.73 Å². The Morgan fingerprint density at radius 3 is 2.35 bits per heavy atom. The van der Waals surface area contributed by atoms with Gasteiger partial charge in [-0.1, -0.05) is 18.2 Å². The molecule has 164 valence electrons. The van der Waals surface area contributed by atoms with E-state index >= 15 is 0 Å². The number of nitrogens with two attached hydrogens (primary N) is 1. The minimum absolute atomic E-state index is 0.0215. The number of aromatic amines is 1. The summed E-state index contributed by atoms with van der Waals surface area (Å²) < 4.78 is 50.6. The van der Waals surface area contributed by atoms with Gasteiger partial charge in [-0.3, -0.25) is 9.78 Å². The molecule has 3 aromatic rings. The van der Waals surface area contributed by atoms with Crippen molar-refractivity contribution in [3.8, 4) is 17.4 Å². The third-order valence-electron chi connectivity index (χ3n) is 4.34. The molecule has 2 aromatic carbocycles. The lowest BCUT2D eigenvalue weighted by Gasteiger charge is -2.16. The highest BCUT2D eigenvalue weighted by atomic mass is 19.4. The summed E-state index contributed by atoms with van der Waals surface area (Å²) in [5.41, 5.74) is 5.05. The monoisotopic (exact) mass is 438 g/mol. The zero-order valence-corrected chi connectivity index (χ0v) is 15.8. The molecule has 5 N–H and O–H groups in total. The number of halogens is 3. The van der Waals surface area contributed by atoms with Gasteiger partial charge in [-0.15, -0.1) is 0 Å². The Balaban J connectivity index is 1.80. The molecule has 0 amide bonds. The van der Waals surface area contributed by atoms with E-state index in [9.17, 15) is 27.9 Å². The van der Waals surface area contributed by atoms with Gasteiger partial charge in [0, 0.05) is 6.42 Å². The highest BCUT2D eigenvalue weighted by molar-refractivity contribution is 5.73. The number of oxazole rings is 1. The second-order valence-corrected chi connectivity index (χ2v) is 6.69. The molecule has 11 heteroatoms. The number of carboxylic acids is 1. The van der Waals surface area contributed by atoms with Crippen LogP contribution in [0.3, 0.4) is 0 Å². The van der Waals surface area contributed by atoms with Gasteiger partial charge >= 0.3 is 17.9 Å². The van der Waals surface area contributed by atoms with Crippen LogP contribution in [0.5, 0.6) is 17.4 Å². The van der Waals surface area contributed by atoms with E-state index in [0.29, 0.717) is 5.56 Å². The second kappa shape index (κ2) is 8.56. The van der Waals surface area contributed by atoms with Crippen LogP contribution in [0, 0.1) is 0 Å². The zero-order valence-electron chi connectivity index (χ0n) is 15.8. The molecule has 0 aliphatic carbocycles. The molecule has 1 atom stereocenters. The number of carboxylic acid groups (broad SMARTS) is 1. The smallest absolute Gasteiger partial charge is 0.419 e. The van der Waals surface area contributed by atoms with Gasteiger partial charge in [0.15, 0.2) is 5.76 Å². The van der Waals surface area contributed by atoms with E-state index in [-0.39, 0.29) is 29.9 Å². The Morgan fingerprint density at radius 2 is 1.81 bits per heavy atom. The lowest BCUT2D eigenvalue weighted by Crippen LogP contribution is -2.32. The molecule has 8 nitrogen and oxygen atoms in total. The van der Waals surface area contributed by atoms with Gasteiger partial charge in [0.05, 0.1) is 5.56 Å². The van der Waals surface area contributed by atoms with Gasteiger partial charge in [-0.05, 0) is 41.8 Å². The number of H-pyrrole nitrogens is 1. The number of alkyl halides is 3. The van der Waals surface area contributed by atoms with E-state index in [4.69, 9.17) is 20.0 Å². The van der Waals surface area contributed by atoms with Crippen molar-refractivity contribution in [2.75, 3.05) is 0 Å². The third-order valence-corrected chi connectivity index (χ3v) is 4.34. The number of aromatic hydroxyl groups is 1. The van der Waals surface area contributed by atoms with Gasteiger partial charge in [0.1, 0.15) is 17.5 Å². The molecule has 1 heterocycles. The number of aromatic nitrogens is 1. The number of nitrogens with one attached hydrogen (secondary N) is 1. The van der Waals surface area contributed by atoms with E-state index in [1.807, 2.05) is 0 Å². The van der Waals surface area contributed by atoms with Gasteiger partial charge in [-0.2, -0.15) is 13.2 Å². The molecular formula is C20H17F3N2O6. The zero-order chi connectivity index (χ0) is 22.8. The van der Waals surface area contributed by atoms with Crippen LogP contribution in [0.15, 0.2) is 51.7 Å². The van der Waals surface area contributed by atoms with E-state index in [1.165, 1.54) is 30.3 Å². The van der Waals surface area contributed by atoms with Crippen molar-refractivity contribution in [1.82, 2.24) is 4.98 Å². The molecule has 0 radical (unpaired) electrons. The number of hydrogen-bond donors (Lipinski definition) is 4. The Labute approximate surface area is 172 Å². The molecule has 0 saturated carbocycles. The van der Waals surface area contributed by atoms with Crippen molar-refractivity contribution in [3.63, 3.8) is 0 Å². The van der Waals surface area contributed by atoms with E-state index in [0.717, 1.165) is 12.1 Å². The summed E-state index contributed by atoms with van der Waals surface area (Å²) in [6.45, 7) is 0. The van der Waals surface area contributed by atoms with E-state index in [1.54, 1.807) is 0 Å². The lowest BCUT2D eigenvalue weighted by molar-refractivity contribution is -0.139. The number of rotatable bonds is 7. The number of aliphatic carboxylic acids is 1. The fourth-order valence-corrected chi connectivity index (χ4v) is 2.82. The Bertz CT molecular complexity index is 1140. The molecule has 0 fully saturated rings. The number of benzene rings is 2. The van der Waals surface area contributed by atoms with Gasteiger partial charge in [0.2, 0.25) is 5.88 Å². The summed E-state index contributed by atoms with van der Waals surface area (Å²) in [6, 6.07) is 7.82. The Kier molecular flexibility index (Phi) is 6.07. The first-order valence-electron chi connectivity index (χ1n) is 8.89. The molecule has 1 unspecified atom stereocenters. The SMILES string of the molecule is NC(Cc1ccc(Oc2ccc(Cc3oc(=O)[nH]c3O)cc2)c(C(F)(F)F)c1)C(=O)O. The van der Waals surface area contributed by atoms with Crippen LogP contribution >= 0.6 is 0 Å². The fourth-order valence-electron chi connectivity index (χ4n) is 2.82. The summed E-state index contributed by atoms with van der Waals surface area (Å²) in [4.78, 5) is 24.0. The molecule has 0 spiro atoms. The van der Waals surface area contributed by atoms with E-state index in [2.05, 4.69) is 4.98 Å². The first-order valence-corrected chi connectivity index (χ1v) is 8.89. The molecule has 0 saturated heterocycles. The van der Waals surface area contributed by atoms with Gasteiger partial charge in [0.25, 0.3) is 0 Å². The minimum atomic E-state index is -4.73. The second-order valence-electron chi connectivity index (χ2n) is 6.69. The van der Waals surface area contributed by atoms with Gasteiger partial charge < -0.3 is 25.1 Å². The summed E-state index contributed by atoms with van der Waals surface area (Å²) >= 11 is 0. The summed E-state index contributed by atoms with van der Waals surface area (Å²) in [6.07, 6.45) is -4.92. The number of hydrogen-bond acceptors (Lipinski definition) is 6. The summed E-state index contributed by atoms with van der Waals surface area (Å²) in [7, 11) is 0. The summed E-state index contributed by atoms with van der Waals surface area (Å²) in [5.74, 6) is -2.84. The quantitative estimate of drug-likeness (QED) is 0.445. The van der Waals surface area contributed by atoms with Crippen molar-refractivity contribution >= 4 is 5.97 Å². The first-order chi connectivity index (χ1) is 14.5. The van der Waals surface area contributed by atoms with Crippen molar-refractivity contribution < 1.29 is 37.3 Å². The van der Waals surface area contributed by atoms with Crippen LogP contribution in [0.25, 0.3) is 0 Å². The predicted octanol–water partition coefficient (Wildman–Crippen LogP) is 3.03. The molecular weight excluding hydrogens is 421 g/mol. The summed E-state index contributed by atoms with van der Waals surface area (Å²) in [5, 5.41) is 18.4. The standard InChI is InChI=1S/C20H17F3N2O6/c21-20(22,23)13-7-11(8-14(24)18(27)28)3-6-15(13)30-12-4-1-10(2-5-12)9-16-17(26)25-19(29)31-16/h1-7,14,26H,8-9,24H2,(H,25,29)(H,27,28). The average Bonchev–Trinajstić information content (AvgIpc) is 3.00. The van der Waals surface area contributed by atoms with Crippen molar-refractivity contribution in [1.29, 1.82) is 0 Å². The van der Waals surface area contributed by atoms with Crippen LogP contribution in [0.2, 0.25) is 0 Å². The highest BCUT2D eigenvalue weighted by Crippen LogP contribution is 2.39. The maximum absolute atomic E-state index is 13.5. The molecule has 0 aliphatic heterocycles. The largest absolute Gasteiger partial charge is 0.492 e. The number of carbonyl (C=O) groups is 1. The topological polar surface area (TPSA) is 139 Å². The molecule has 31 heavy (non-hydrogen) atoms. The van der Waals surface area contributed by atoms with Crippen molar-refractivity contribution in [2.45, 2.75) is 25.1 Å². The third kappa shape index (κ3) is 5.45. The van der Waals surface area contributed by atoms with Crippen LogP contribution in [-0.2, 0) is 23.8 Å². The first kappa shape index (κ1) is 22.0. The predicted molar refractivity (Wildman–Crippen MR) is 101 cm³/mol. The van der Waals surface area contributed by atoms with Gasteiger partial charge in [-0.25, -0.2) is 4.79 Å². The molecule has 1 aromatic heterocycles. The fraction of sp³-hybridized carbons (Fsp3) is 0.200. The normalized spacial score (nSPS) is 12.5. The Morgan fingerprint density at radius 1 is 1.16 bits per heavy atom. The average molecular weight is 438 g/mol. The molecule has 0 aliphatic rings. The van der Waals surface area contributed by atoms with Crippen LogP contribution in [0.4, 0.5) is 13.2 Å². The minimum Gasteiger partial charge on any atom is -0.492 e. The Hall–Kier alpha value is -3.73. The van der Waals surface area contributed by atoms with Crippen molar-refractivity contribution in [3.05, 3.63) is 75.5 Å². The maximum Gasteiger partial charge on any atom is 0.419 e. The molecule has 0 bridgehead atoms. The van der Waals surface area contributed by atoms with Crippen LogP contribution in [0.1, 0.15) is 22.5 Å². The lowest BCUT2D eigenvalue weighted by atomic mass is 10.0. The van der Waals surface area contributed by atoms with Crippen LogP contribution in [-0.4, -0.2) is 27.2 Å². The maximum atomic E-state index is 13.5. The highest BCUT2D eigenvalue weighted by Gasteiger charge is 2.35.